The van der Waals surface area contributed by atoms with E-state index in [-0.39, 0.29) is 17.9 Å². The minimum absolute atomic E-state index is 0.0688. The Morgan fingerprint density at radius 3 is 2.86 bits per heavy atom. The molecule has 0 radical (unpaired) electrons. The highest BCUT2D eigenvalue weighted by Gasteiger charge is 2.29. The lowest BCUT2D eigenvalue weighted by atomic mass is 9.97. The lowest BCUT2D eigenvalue weighted by Gasteiger charge is -2.33. The minimum Gasteiger partial charge on any atom is -0.487 e. The number of amides is 3. The first-order valence-electron chi connectivity index (χ1n) is 9.52. The molecule has 1 atom stereocenters. The van der Waals surface area contributed by atoms with Gasteiger partial charge in [0.1, 0.15) is 12.4 Å². The predicted octanol–water partition coefficient (Wildman–Crippen LogP) is 3.65. The number of carbonyl (C=O) groups is 2. The number of carbonyl (C=O) groups excluding carboxylic acids is 2. The number of nitrogens with one attached hydrogen (secondary N) is 1. The molecule has 0 bridgehead atoms. The number of piperidine rings is 1. The summed E-state index contributed by atoms with van der Waals surface area (Å²) in [7, 11) is 3.43. The Kier molecular flexibility index (Phi) is 6.93. The molecule has 8 heteroatoms. The maximum atomic E-state index is 12.7. The first-order valence-corrected chi connectivity index (χ1v) is 9.90. The second kappa shape index (κ2) is 9.60. The van der Waals surface area contributed by atoms with Gasteiger partial charge in [-0.1, -0.05) is 17.7 Å². The number of pyridine rings is 1. The summed E-state index contributed by atoms with van der Waals surface area (Å²) in [6.07, 6.45) is 5.00. The summed E-state index contributed by atoms with van der Waals surface area (Å²) in [5.74, 6) is 0.184. The van der Waals surface area contributed by atoms with Crippen LogP contribution < -0.4 is 10.1 Å². The van der Waals surface area contributed by atoms with Gasteiger partial charge >= 0.3 is 6.03 Å². The summed E-state index contributed by atoms with van der Waals surface area (Å²) in [4.78, 5) is 32.1. The topological polar surface area (TPSA) is 74.8 Å². The summed E-state index contributed by atoms with van der Waals surface area (Å²) in [6.45, 7) is 1.45. The number of nitrogens with zero attached hydrogens (tertiary/aromatic N) is 3. The van der Waals surface area contributed by atoms with Gasteiger partial charge in [0.2, 0.25) is 5.91 Å². The smallest absolute Gasteiger partial charge is 0.319 e. The van der Waals surface area contributed by atoms with Crippen LogP contribution in [0.1, 0.15) is 18.4 Å². The van der Waals surface area contributed by atoms with Gasteiger partial charge in [-0.25, -0.2) is 4.79 Å². The predicted molar refractivity (Wildman–Crippen MR) is 112 cm³/mol. The molecule has 2 heterocycles. The number of halogens is 1. The molecule has 1 aromatic heterocycles. The highest BCUT2D eigenvalue weighted by molar-refractivity contribution is 6.32. The maximum Gasteiger partial charge on any atom is 0.319 e. The van der Waals surface area contributed by atoms with Crippen molar-refractivity contribution in [2.24, 2.45) is 5.92 Å². The molecule has 0 spiro atoms. The van der Waals surface area contributed by atoms with Crippen LogP contribution in [0.25, 0.3) is 0 Å². The standard InChI is InChI=1S/C21H25ClN4O3/c1-25(2)21(28)26-10-4-6-16(13-26)20(27)24-17-7-8-19(18(22)11-17)29-14-15-5-3-9-23-12-15/h3,5,7-9,11-12,16H,4,6,10,13-14H2,1-2H3,(H,24,27)/t16-/m1/s1. The van der Waals surface area contributed by atoms with E-state index in [1.807, 2.05) is 12.1 Å². The van der Waals surface area contributed by atoms with Crippen LogP contribution in [0.4, 0.5) is 10.5 Å². The van der Waals surface area contributed by atoms with Gasteiger partial charge in [0, 0.05) is 50.8 Å². The lowest BCUT2D eigenvalue weighted by molar-refractivity contribution is -0.121. The van der Waals surface area contributed by atoms with Crippen LogP contribution in [-0.4, -0.2) is 53.9 Å². The van der Waals surface area contributed by atoms with Gasteiger partial charge in [-0.15, -0.1) is 0 Å². The van der Waals surface area contributed by atoms with E-state index >= 15 is 0 Å². The molecule has 0 saturated carbocycles. The third-order valence-corrected chi connectivity index (χ3v) is 5.06. The summed E-state index contributed by atoms with van der Waals surface area (Å²) in [5, 5.41) is 3.32. The van der Waals surface area contributed by atoms with Crippen LogP contribution in [0, 0.1) is 5.92 Å². The SMILES string of the molecule is CN(C)C(=O)N1CCC[C@@H](C(=O)Nc2ccc(OCc3cccnc3)c(Cl)c2)C1. The van der Waals surface area contributed by atoms with Crippen molar-refractivity contribution in [2.75, 3.05) is 32.5 Å². The van der Waals surface area contributed by atoms with Crippen LogP contribution >= 0.6 is 11.6 Å². The third kappa shape index (κ3) is 5.60. The van der Waals surface area contributed by atoms with Crippen LogP contribution in [0.2, 0.25) is 5.02 Å². The normalized spacial score (nSPS) is 16.2. The fourth-order valence-electron chi connectivity index (χ4n) is 3.23. The number of urea groups is 1. The first kappa shape index (κ1) is 20.9. The Morgan fingerprint density at radius 2 is 2.17 bits per heavy atom. The summed E-state index contributed by atoms with van der Waals surface area (Å²) < 4.78 is 5.73. The lowest BCUT2D eigenvalue weighted by Crippen LogP contribution is -2.47. The fourth-order valence-corrected chi connectivity index (χ4v) is 3.47. The van der Waals surface area contributed by atoms with E-state index in [0.717, 1.165) is 18.4 Å². The van der Waals surface area contributed by atoms with E-state index in [1.54, 1.807) is 49.6 Å². The molecular formula is C21H25ClN4O3. The number of hydrogen-bond donors (Lipinski definition) is 1. The van der Waals surface area contributed by atoms with Gasteiger partial charge in [0.05, 0.1) is 10.9 Å². The number of aromatic nitrogens is 1. The number of hydrogen-bond acceptors (Lipinski definition) is 4. The zero-order chi connectivity index (χ0) is 20.8. The fraction of sp³-hybridized carbons (Fsp3) is 0.381. The number of benzene rings is 1. The first-order chi connectivity index (χ1) is 13.9. The van der Waals surface area contributed by atoms with Crippen molar-refractivity contribution >= 4 is 29.2 Å². The van der Waals surface area contributed by atoms with Crippen LogP contribution in [0.5, 0.6) is 5.75 Å². The molecule has 2 aromatic rings. The van der Waals surface area contributed by atoms with Crippen molar-refractivity contribution in [3.8, 4) is 5.75 Å². The number of likely N-dealkylation sites (tertiary alicyclic amines) is 1. The number of ether oxygens (including phenoxy) is 1. The monoisotopic (exact) mass is 416 g/mol. The van der Waals surface area contributed by atoms with E-state index in [4.69, 9.17) is 16.3 Å². The summed E-state index contributed by atoms with van der Waals surface area (Å²) in [5.41, 5.74) is 1.54. The number of anilines is 1. The van der Waals surface area contributed by atoms with Crippen LogP contribution in [0.3, 0.4) is 0 Å². The molecule has 1 aliphatic rings. The molecule has 1 saturated heterocycles. The molecule has 7 nitrogen and oxygen atoms in total. The summed E-state index contributed by atoms with van der Waals surface area (Å²) >= 11 is 6.31. The molecule has 154 valence electrons. The van der Waals surface area contributed by atoms with E-state index in [0.29, 0.717) is 36.2 Å². The largest absolute Gasteiger partial charge is 0.487 e. The third-order valence-electron chi connectivity index (χ3n) is 4.76. The quantitative estimate of drug-likeness (QED) is 0.807. The van der Waals surface area contributed by atoms with E-state index < -0.39 is 0 Å². The van der Waals surface area contributed by atoms with E-state index in [1.165, 1.54) is 4.90 Å². The highest BCUT2D eigenvalue weighted by atomic mass is 35.5. The summed E-state index contributed by atoms with van der Waals surface area (Å²) in [6, 6.07) is 8.86. The van der Waals surface area contributed by atoms with Gasteiger partial charge in [-0.3, -0.25) is 9.78 Å². The Hall–Kier alpha value is -2.80. The Balaban J connectivity index is 1.57. The molecular weight excluding hydrogens is 392 g/mol. The Morgan fingerprint density at radius 1 is 1.34 bits per heavy atom. The van der Waals surface area contributed by atoms with E-state index in [9.17, 15) is 9.59 Å². The minimum atomic E-state index is -0.243. The van der Waals surface area contributed by atoms with Crippen molar-refractivity contribution in [1.82, 2.24) is 14.8 Å². The molecule has 3 rings (SSSR count). The highest BCUT2D eigenvalue weighted by Crippen LogP contribution is 2.29. The average molecular weight is 417 g/mol. The van der Waals surface area contributed by atoms with Gasteiger partial charge < -0.3 is 19.9 Å². The molecule has 29 heavy (non-hydrogen) atoms. The van der Waals surface area contributed by atoms with Gasteiger partial charge in [0.15, 0.2) is 0 Å². The second-order valence-electron chi connectivity index (χ2n) is 7.25. The van der Waals surface area contributed by atoms with Crippen LogP contribution in [-0.2, 0) is 11.4 Å². The zero-order valence-corrected chi connectivity index (χ0v) is 17.4. The van der Waals surface area contributed by atoms with Crippen molar-refractivity contribution < 1.29 is 14.3 Å². The van der Waals surface area contributed by atoms with Gasteiger partial charge in [0.25, 0.3) is 0 Å². The van der Waals surface area contributed by atoms with Crippen molar-refractivity contribution in [1.29, 1.82) is 0 Å². The molecule has 0 aliphatic carbocycles. The second-order valence-corrected chi connectivity index (χ2v) is 7.65. The van der Waals surface area contributed by atoms with Crippen molar-refractivity contribution in [2.45, 2.75) is 19.4 Å². The molecule has 1 N–H and O–H groups in total. The number of rotatable bonds is 5. The van der Waals surface area contributed by atoms with Crippen molar-refractivity contribution in [3.05, 3.63) is 53.3 Å². The zero-order valence-electron chi connectivity index (χ0n) is 16.6. The Labute approximate surface area is 175 Å². The van der Waals surface area contributed by atoms with Crippen molar-refractivity contribution in [3.63, 3.8) is 0 Å². The van der Waals surface area contributed by atoms with E-state index in [2.05, 4.69) is 10.3 Å². The molecule has 1 fully saturated rings. The van der Waals surface area contributed by atoms with Crippen LogP contribution in [0.15, 0.2) is 42.7 Å². The molecule has 1 aliphatic heterocycles. The molecule has 1 aromatic carbocycles. The average Bonchev–Trinajstić information content (AvgIpc) is 2.73. The van der Waals surface area contributed by atoms with Gasteiger partial charge in [-0.05, 0) is 37.1 Å². The Bertz CT molecular complexity index is 860. The van der Waals surface area contributed by atoms with Gasteiger partial charge in [-0.2, -0.15) is 0 Å². The molecule has 0 unspecified atom stereocenters. The maximum absolute atomic E-state index is 12.7. The molecule has 3 amide bonds.